The molecule has 0 aliphatic carbocycles. The van der Waals surface area contributed by atoms with Crippen LogP contribution < -0.4 is 0 Å². The third-order valence-corrected chi connectivity index (χ3v) is 0.862. The second-order valence-electron chi connectivity index (χ2n) is 1.88. The molecule has 3 N–H and O–H groups in total. The van der Waals surface area contributed by atoms with E-state index in [1.807, 2.05) is 0 Å². The molecule has 10 heavy (non-hydrogen) atoms. The van der Waals surface area contributed by atoms with Gasteiger partial charge in [-0.2, -0.15) is 0 Å². The number of hydrogen-bond acceptors (Lipinski definition) is 3. The molecular weight excluding hydrogens is 132 g/mol. The number of unbranched alkanes of at least 4 members (excludes halogenated alkanes) is 2. The van der Waals surface area contributed by atoms with Gasteiger partial charge in [-0.3, -0.25) is 0 Å². The van der Waals surface area contributed by atoms with Crippen molar-refractivity contribution in [2.45, 2.75) is 26.2 Å². The Hall–Kier alpha value is -0.120. The molecule has 0 unspecified atom stereocenters. The van der Waals surface area contributed by atoms with Crippen LogP contribution in [0.2, 0.25) is 0 Å². The van der Waals surface area contributed by atoms with Gasteiger partial charge in [0, 0.05) is 6.61 Å². The maximum Gasteiger partial charge on any atom is 0.0662 e. The van der Waals surface area contributed by atoms with E-state index >= 15 is 0 Å². The highest BCUT2D eigenvalue weighted by Gasteiger charge is 1.76. The second kappa shape index (κ2) is 15.9. The van der Waals surface area contributed by atoms with Gasteiger partial charge in [-0.25, -0.2) is 0 Å². The minimum Gasteiger partial charge on any atom is -0.396 e. The van der Waals surface area contributed by atoms with E-state index in [-0.39, 0.29) is 13.2 Å². The molecule has 0 aromatic rings. The van der Waals surface area contributed by atoms with Crippen LogP contribution in [0.3, 0.4) is 0 Å². The number of rotatable bonds is 4. The SMILES string of the molecule is CCCCCO.OCCO. The van der Waals surface area contributed by atoms with Crippen LogP contribution >= 0.6 is 0 Å². The van der Waals surface area contributed by atoms with Crippen molar-refractivity contribution >= 4 is 0 Å². The minimum atomic E-state index is -0.125. The van der Waals surface area contributed by atoms with Gasteiger partial charge in [-0.15, -0.1) is 0 Å². The lowest BCUT2D eigenvalue weighted by Crippen LogP contribution is -1.85. The molecule has 0 aromatic carbocycles. The van der Waals surface area contributed by atoms with Gasteiger partial charge in [0.2, 0.25) is 0 Å². The van der Waals surface area contributed by atoms with E-state index in [9.17, 15) is 0 Å². The van der Waals surface area contributed by atoms with Gasteiger partial charge in [0.05, 0.1) is 13.2 Å². The third kappa shape index (κ3) is 24.8. The van der Waals surface area contributed by atoms with E-state index in [4.69, 9.17) is 15.3 Å². The number of aliphatic hydroxyl groups excluding tert-OH is 3. The van der Waals surface area contributed by atoms with Gasteiger partial charge in [-0.1, -0.05) is 19.8 Å². The number of aliphatic hydroxyl groups is 3. The molecule has 0 saturated heterocycles. The van der Waals surface area contributed by atoms with Crippen molar-refractivity contribution in [1.82, 2.24) is 0 Å². The summed E-state index contributed by atoms with van der Waals surface area (Å²) in [4.78, 5) is 0. The summed E-state index contributed by atoms with van der Waals surface area (Å²) in [7, 11) is 0. The summed E-state index contributed by atoms with van der Waals surface area (Å²) < 4.78 is 0. The molecule has 0 radical (unpaired) electrons. The molecular formula is C7H18O3. The largest absolute Gasteiger partial charge is 0.396 e. The lowest BCUT2D eigenvalue weighted by atomic mass is 10.3. The molecule has 0 spiro atoms. The Balaban J connectivity index is 0. The standard InChI is InChI=1S/C5H12O.C2H6O2/c1-2-3-4-5-6;3-1-2-4/h6H,2-5H2,1H3;3-4H,1-2H2. The normalized spacial score (nSPS) is 8.40. The molecule has 0 aromatic heterocycles. The summed E-state index contributed by atoms with van der Waals surface area (Å²) in [5.41, 5.74) is 0. The Morgan fingerprint density at radius 3 is 1.40 bits per heavy atom. The molecule has 64 valence electrons. The first kappa shape index (κ1) is 12.5. The fourth-order valence-electron chi connectivity index (χ4n) is 0.362. The van der Waals surface area contributed by atoms with E-state index in [2.05, 4.69) is 6.92 Å². The van der Waals surface area contributed by atoms with Gasteiger partial charge < -0.3 is 15.3 Å². The van der Waals surface area contributed by atoms with E-state index in [0.29, 0.717) is 6.61 Å². The zero-order valence-electron chi connectivity index (χ0n) is 6.58. The van der Waals surface area contributed by atoms with Crippen LogP contribution in [0.4, 0.5) is 0 Å². The van der Waals surface area contributed by atoms with Crippen molar-refractivity contribution in [1.29, 1.82) is 0 Å². The van der Waals surface area contributed by atoms with Crippen LogP contribution in [0.25, 0.3) is 0 Å². The molecule has 0 bridgehead atoms. The van der Waals surface area contributed by atoms with E-state index in [1.54, 1.807) is 0 Å². The first-order chi connectivity index (χ1) is 4.83. The average molecular weight is 150 g/mol. The average Bonchev–Trinajstić information content (AvgIpc) is 2.01. The van der Waals surface area contributed by atoms with Crippen LogP contribution in [0, 0.1) is 0 Å². The molecule has 0 rings (SSSR count). The number of hydrogen-bond donors (Lipinski definition) is 3. The molecule has 0 atom stereocenters. The van der Waals surface area contributed by atoms with Crippen molar-refractivity contribution in [2.24, 2.45) is 0 Å². The molecule has 0 aliphatic rings. The summed E-state index contributed by atoms with van der Waals surface area (Å²) in [5, 5.41) is 23.4. The molecule has 0 heterocycles. The smallest absolute Gasteiger partial charge is 0.0662 e. The first-order valence-corrected chi connectivity index (χ1v) is 3.66. The van der Waals surface area contributed by atoms with Gasteiger partial charge in [0.15, 0.2) is 0 Å². The fourth-order valence-corrected chi connectivity index (χ4v) is 0.362. The van der Waals surface area contributed by atoms with Crippen molar-refractivity contribution in [3.63, 3.8) is 0 Å². The summed E-state index contributed by atoms with van der Waals surface area (Å²) in [5.74, 6) is 0. The van der Waals surface area contributed by atoms with E-state index in [0.717, 1.165) is 12.8 Å². The van der Waals surface area contributed by atoms with Crippen molar-refractivity contribution in [3.05, 3.63) is 0 Å². The third-order valence-electron chi connectivity index (χ3n) is 0.862. The van der Waals surface area contributed by atoms with Crippen LogP contribution in [-0.4, -0.2) is 35.1 Å². The summed E-state index contributed by atoms with van der Waals surface area (Å²) in [6.07, 6.45) is 3.33. The van der Waals surface area contributed by atoms with Gasteiger partial charge in [0.1, 0.15) is 0 Å². The minimum absolute atomic E-state index is 0.125. The first-order valence-electron chi connectivity index (χ1n) is 3.66. The van der Waals surface area contributed by atoms with Crippen molar-refractivity contribution in [3.8, 4) is 0 Å². The van der Waals surface area contributed by atoms with Gasteiger partial charge >= 0.3 is 0 Å². The summed E-state index contributed by atoms with van der Waals surface area (Å²) in [6, 6.07) is 0. The van der Waals surface area contributed by atoms with E-state index in [1.165, 1.54) is 6.42 Å². The zero-order chi connectivity index (χ0) is 8.24. The van der Waals surface area contributed by atoms with Crippen LogP contribution in [0.15, 0.2) is 0 Å². The lowest BCUT2D eigenvalue weighted by Gasteiger charge is -1.85. The molecule has 0 saturated carbocycles. The Labute approximate surface area is 62.3 Å². The Bertz CT molecular complexity index is 33.8. The van der Waals surface area contributed by atoms with E-state index < -0.39 is 0 Å². The highest BCUT2D eigenvalue weighted by atomic mass is 16.3. The lowest BCUT2D eigenvalue weighted by molar-refractivity contribution is 0.186. The summed E-state index contributed by atoms with van der Waals surface area (Å²) >= 11 is 0. The molecule has 0 amide bonds. The Kier molecular flexibility index (Phi) is 20.0. The Morgan fingerprint density at radius 2 is 1.30 bits per heavy atom. The maximum absolute atomic E-state index is 8.20. The quantitative estimate of drug-likeness (QED) is 0.499. The maximum atomic E-state index is 8.20. The predicted octanol–water partition coefficient (Wildman–Crippen LogP) is 0.140. The monoisotopic (exact) mass is 150 g/mol. The van der Waals surface area contributed by atoms with Gasteiger partial charge in [0.25, 0.3) is 0 Å². The van der Waals surface area contributed by atoms with Crippen LogP contribution in [-0.2, 0) is 0 Å². The topological polar surface area (TPSA) is 60.7 Å². The predicted molar refractivity (Wildman–Crippen MR) is 40.8 cm³/mol. The van der Waals surface area contributed by atoms with Crippen LogP contribution in [0.1, 0.15) is 26.2 Å². The van der Waals surface area contributed by atoms with Gasteiger partial charge in [-0.05, 0) is 6.42 Å². The van der Waals surface area contributed by atoms with Crippen LogP contribution in [0.5, 0.6) is 0 Å². The van der Waals surface area contributed by atoms with Crippen molar-refractivity contribution in [2.75, 3.05) is 19.8 Å². The fraction of sp³-hybridized carbons (Fsp3) is 1.00. The highest BCUT2D eigenvalue weighted by molar-refractivity contribution is 4.30. The highest BCUT2D eigenvalue weighted by Crippen LogP contribution is 1.89. The summed E-state index contributed by atoms with van der Waals surface area (Å²) in [6.45, 7) is 2.23. The molecule has 0 fully saturated rings. The van der Waals surface area contributed by atoms with Crippen molar-refractivity contribution < 1.29 is 15.3 Å². The second-order valence-corrected chi connectivity index (χ2v) is 1.88. The molecule has 3 heteroatoms. The zero-order valence-corrected chi connectivity index (χ0v) is 6.58. The molecule has 0 aliphatic heterocycles. The Morgan fingerprint density at radius 1 is 0.800 bits per heavy atom. The molecule has 3 nitrogen and oxygen atoms in total.